The molecule has 6 heteroatoms. The molecule has 0 bridgehead atoms. The standard InChI is InChI=1S/C20H18N4O2/c25-18(13-15-7-2-1-3-8-15)20-23-22-19(17-10-4-5-11-21-17)24(20)14-16-9-6-12-26-16/h1-12,18,25H,13-14H2. The van der Waals surface area contributed by atoms with Gasteiger partial charge in [0, 0.05) is 12.6 Å². The zero-order chi connectivity index (χ0) is 17.8. The van der Waals surface area contributed by atoms with Crippen molar-refractivity contribution < 1.29 is 9.52 Å². The molecule has 26 heavy (non-hydrogen) atoms. The van der Waals surface area contributed by atoms with Gasteiger partial charge in [-0.05, 0) is 29.8 Å². The fourth-order valence-corrected chi connectivity index (χ4v) is 2.89. The summed E-state index contributed by atoms with van der Waals surface area (Å²) in [7, 11) is 0. The Morgan fingerprint density at radius 3 is 2.54 bits per heavy atom. The van der Waals surface area contributed by atoms with E-state index < -0.39 is 6.10 Å². The fourth-order valence-electron chi connectivity index (χ4n) is 2.89. The Hall–Kier alpha value is -3.25. The Morgan fingerprint density at radius 2 is 1.81 bits per heavy atom. The number of aliphatic hydroxyl groups excluding tert-OH is 1. The molecule has 0 saturated heterocycles. The van der Waals surface area contributed by atoms with Crippen LogP contribution >= 0.6 is 0 Å². The largest absolute Gasteiger partial charge is 0.467 e. The number of rotatable bonds is 6. The van der Waals surface area contributed by atoms with Crippen molar-refractivity contribution in [3.63, 3.8) is 0 Å². The molecular formula is C20H18N4O2. The number of furan rings is 1. The summed E-state index contributed by atoms with van der Waals surface area (Å²) < 4.78 is 7.33. The van der Waals surface area contributed by atoms with Gasteiger partial charge >= 0.3 is 0 Å². The Labute approximate surface area is 150 Å². The van der Waals surface area contributed by atoms with Crippen LogP contribution in [0, 0.1) is 0 Å². The van der Waals surface area contributed by atoms with Crippen molar-refractivity contribution in [1.82, 2.24) is 19.7 Å². The van der Waals surface area contributed by atoms with Crippen molar-refractivity contribution in [3.05, 3.63) is 90.3 Å². The maximum Gasteiger partial charge on any atom is 0.183 e. The zero-order valence-electron chi connectivity index (χ0n) is 14.1. The summed E-state index contributed by atoms with van der Waals surface area (Å²) >= 11 is 0. The molecule has 3 heterocycles. The second kappa shape index (κ2) is 7.33. The average Bonchev–Trinajstić information content (AvgIpc) is 3.34. The van der Waals surface area contributed by atoms with Gasteiger partial charge in [0.15, 0.2) is 11.6 Å². The van der Waals surface area contributed by atoms with Gasteiger partial charge in [-0.25, -0.2) is 0 Å². The molecule has 0 radical (unpaired) electrons. The highest BCUT2D eigenvalue weighted by Crippen LogP contribution is 2.23. The van der Waals surface area contributed by atoms with Crippen molar-refractivity contribution in [2.45, 2.75) is 19.1 Å². The van der Waals surface area contributed by atoms with E-state index in [1.165, 1.54) is 0 Å². The van der Waals surface area contributed by atoms with Gasteiger partial charge in [0.25, 0.3) is 0 Å². The van der Waals surface area contributed by atoms with E-state index in [1.54, 1.807) is 12.5 Å². The van der Waals surface area contributed by atoms with Crippen molar-refractivity contribution in [1.29, 1.82) is 0 Å². The molecule has 0 amide bonds. The van der Waals surface area contributed by atoms with Crippen molar-refractivity contribution in [2.75, 3.05) is 0 Å². The molecule has 6 nitrogen and oxygen atoms in total. The van der Waals surface area contributed by atoms with Gasteiger partial charge < -0.3 is 9.52 Å². The van der Waals surface area contributed by atoms with Crippen LogP contribution < -0.4 is 0 Å². The van der Waals surface area contributed by atoms with Crippen molar-refractivity contribution >= 4 is 0 Å². The maximum absolute atomic E-state index is 10.8. The first-order valence-electron chi connectivity index (χ1n) is 8.40. The smallest absolute Gasteiger partial charge is 0.183 e. The lowest BCUT2D eigenvalue weighted by molar-refractivity contribution is 0.163. The van der Waals surface area contributed by atoms with Gasteiger partial charge in [-0.15, -0.1) is 10.2 Å². The van der Waals surface area contributed by atoms with E-state index in [2.05, 4.69) is 15.2 Å². The maximum atomic E-state index is 10.8. The van der Waals surface area contributed by atoms with Crippen LogP contribution in [-0.4, -0.2) is 24.9 Å². The first-order valence-corrected chi connectivity index (χ1v) is 8.40. The van der Waals surface area contributed by atoms with Crippen LogP contribution in [-0.2, 0) is 13.0 Å². The SMILES string of the molecule is OC(Cc1ccccc1)c1nnc(-c2ccccn2)n1Cc1ccco1. The lowest BCUT2D eigenvalue weighted by atomic mass is 10.1. The van der Waals surface area contributed by atoms with E-state index in [4.69, 9.17) is 4.42 Å². The summed E-state index contributed by atoms with van der Waals surface area (Å²) in [6, 6.07) is 19.2. The summed E-state index contributed by atoms with van der Waals surface area (Å²) in [4.78, 5) is 4.36. The minimum atomic E-state index is -0.780. The Kier molecular flexibility index (Phi) is 4.57. The molecule has 3 aromatic heterocycles. The monoisotopic (exact) mass is 346 g/mol. The second-order valence-corrected chi connectivity index (χ2v) is 5.97. The van der Waals surface area contributed by atoms with Gasteiger partial charge in [0.05, 0.1) is 12.8 Å². The highest BCUT2D eigenvalue weighted by molar-refractivity contribution is 5.49. The van der Waals surface area contributed by atoms with Crippen LogP contribution in [0.2, 0.25) is 0 Å². The molecule has 0 aliphatic carbocycles. The fraction of sp³-hybridized carbons (Fsp3) is 0.150. The number of pyridine rings is 1. The predicted molar refractivity (Wildman–Crippen MR) is 96.2 cm³/mol. The Balaban J connectivity index is 1.70. The van der Waals surface area contributed by atoms with Crippen LogP contribution in [0.15, 0.2) is 77.5 Å². The third kappa shape index (κ3) is 3.41. The van der Waals surface area contributed by atoms with Crippen LogP contribution in [0.1, 0.15) is 23.3 Å². The first-order chi connectivity index (χ1) is 12.8. The lowest BCUT2D eigenvalue weighted by Crippen LogP contribution is -2.13. The molecule has 4 aromatic rings. The Bertz CT molecular complexity index is 950. The molecule has 0 aliphatic heterocycles. The van der Waals surface area contributed by atoms with Gasteiger partial charge in [0.2, 0.25) is 0 Å². The minimum absolute atomic E-state index is 0.424. The number of nitrogens with zero attached hydrogens (tertiary/aromatic N) is 4. The summed E-state index contributed by atoms with van der Waals surface area (Å²) in [5, 5.41) is 19.3. The first kappa shape index (κ1) is 16.2. The topological polar surface area (TPSA) is 77.0 Å². The van der Waals surface area contributed by atoms with Gasteiger partial charge in [-0.3, -0.25) is 9.55 Å². The highest BCUT2D eigenvalue weighted by atomic mass is 16.3. The third-order valence-electron chi connectivity index (χ3n) is 4.14. The van der Waals surface area contributed by atoms with Gasteiger partial charge in [-0.2, -0.15) is 0 Å². The molecule has 1 aromatic carbocycles. The van der Waals surface area contributed by atoms with E-state index >= 15 is 0 Å². The van der Waals surface area contributed by atoms with Gasteiger partial charge in [0.1, 0.15) is 17.6 Å². The second-order valence-electron chi connectivity index (χ2n) is 5.97. The van der Waals surface area contributed by atoms with E-state index in [1.807, 2.05) is 65.2 Å². The molecule has 4 rings (SSSR count). The Morgan fingerprint density at radius 1 is 0.962 bits per heavy atom. The molecule has 1 unspecified atom stereocenters. The quantitative estimate of drug-likeness (QED) is 0.580. The van der Waals surface area contributed by atoms with Crippen LogP contribution in [0.3, 0.4) is 0 Å². The summed E-state index contributed by atoms with van der Waals surface area (Å²) in [5.74, 6) is 1.85. The number of hydrogen-bond donors (Lipinski definition) is 1. The number of aromatic nitrogens is 4. The normalized spacial score (nSPS) is 12.2. The molecule has 0 aliphatic rings. The number of aliphatic hydroxyl groups is 1. The van der Waals surface area contributed by atoms with Crippen LogP contribution in [0.5, 0.6) is 0 Å². The van der Waals surface area contributed by atoms with E-state index in [0.29, 0.717) is 30.3 Å². The third-order valence-corrected chi connectivity index (χ3v) is 4.14. The summed E-state index contributed by atoms with van der Waals surface area (Å²) in [6.45, 7) is 0.424. The van der Waals surface area contributed by atoms with Gasteiger partial charge in [-0.1, -0.05) is 36.4 Å². The van der Waals surface area contributed by atoms with Crippen LogP contribution in [0.4, 0.5) is 0 Å². The lowest BCUT2D eigenvalue weighted by Gasteiger charge is -2.13. The number of benzene rings is 1. The zero-order valence-corrected chi connectivity index (χ0v) is 14.1. The molecule has 0 saturated carbocycles. The van der Waals surface area contributed by atoms with Crippen molar-refractivity contribution in [3.8, 4) is 11.5 Å². The number of hydrogen-bond acceptors (Lipinski definition) is 5. The summed E-state index contributed by atoms with van der Waals surface area (Å²) in [6.07, 6.45) is 3.01. The molecular weight excluding hydrogens is 328 g/mol. The minimum Gasteiger partial charge on any atom is -0.467 e. The van der Waals surface area contributed by atoms with E-state index in [-0.39, 0.29) is 0 Å². The van der Waals surface area contributed by atoms with E-state index in [9.17, 15) is 5.11 Å². The summed E-state index contributed by atoms with van der Waals surface area (Å²) in [5.41, 5.74) is 1.73. The van der Waals surface area contributed by atoms with Crippen LogP contribution in [0.25, 0.3) is 11.5 Å². The van der Waals surface area contributed by atoms with E-state index in [0.717, 1.165) is 11.3 Å². The molecule has 1 atom stereocenters. The predicted octanol–water partition coefficient (Wildman–Crippen LogP) is 3.26. The molecule has 1 N–H and O–H groups in total. The highest BCUT2D eigenvalue weighted by Gasteiger charge is 2.22. The molecule has 130 valence electrons. The van der Waals surface area contributed by atoms with Crippen molar-refractivity contribution in [2.24, 2.45) is 0 Å². The molecule has 0 spiro atoms. The molecule has 0 fully saturated rings. The average molecular weight is 346 g/mol.